The Balaban J connectivity index is 1.07. The summed E-state index contributed by atoms with van der Waals surface area (Å²) in [6.45, 7) is 5.93. The summed E-state index contributed by atoms with van der Waals surface area (Å²) in [4.78, 5) is 39.0. The van der Waals surface area contributed by atoms with Crippen LogP contribution in [0, 0.1) is 5.82 Å². The van der Waals surface area contributed by atoms with Crippen LogP contribution in [-0.4, -0.2) is 74.9 Å². The highest BCUT2D eigenvalue weighted by molar-refractivity contribution is 6.12. The fourth-order valence-corrected chi connectivity index (χ4v) is 5.66. The Morgan fingerprint density at radius 1 is 0.950 bits per heavy atom. The fraction of sp³-hybridized carbons (Fsp3) is 0.323. The van der Waals surface area contributed by atoms with E-state index < -0.39 is 6.04 Å². The van der Waals surface area contributed by atoms with Gasteiger partial charge >= 0.3 is 0 Å². The molecule has 1 unspecified atom stereocenters. The molecule has 1 fully saturated rings. The Labute approximate surface area is 233 Å². The molecular weight excluding hydrogens is 507 g/mol. The van der Waals surface area contributed by atoms with Gasteiger partial charge in [-0.25, -0.2) is 4.39 Å². The summed E-state index contributed by atoms with van der Waals surface area (Å²) in [6.07, 6.45) is 2.52. The zero-order valence-electron chi connectivity index (χ0n) is 22.4. The number of piperazine rings is 1. The maximum absolute atomic E-state index is 14.5. The number of hydrogen-bond donors (Lipinski definition) is 1. The third-order valence-corrected chi connectivity index (χ3v) is 7.89. The smallest absolute Gasteiger partial charge is 0.252 e. The Kier molecular flexibility index (Phi) is 7.46. The van der Waals surface area contributed by atoms with Crippen LogP contribution < -0.4 is 20.0 Å². The first-order valence-corrected chi connectivity index (χ1v) is 13.9. The Morgan fingerprint density at radius 2 is 1.73 bits per heavy atom. The molecule has 0 radical (unpaired) electrons. The first-order chi connectivity index (χ1) is 19.6. The number of aliphatic imine (C=N–C) groups is 1. The molecule has 1 atom stereocenters. The maximum atomic E-state index is 14.5. The van der Waals surface area contributed by atoms with Crippen LogP contribution in [0.15, 0.2) is 77.8 Å². The summed E-state index contributed by atoms with van der Waals surface area (Å²) < 4.78 is 14.5. The summed E-state index contributed by atoms with van der Waals surface area (Å²) in [6, 6.07) is 21.8. The van der Waals surface area contributed by atoms with Crippen LogP contribution in [0.3, 0.4) is 0 Å². The second-order valence-corrected chi connectivity index (χ2v) is 10.4. The van der Waals surface area contributed by atoms with E-state index in [-0.39, 0.29) is 24.2 Å². The Morgan fingerprint density at radius 3 is 2.52 bits per heavy atom. The molecule has 3 aromatic carbocycles. The van der Waals surface area contributed by atoms with Gasteiger partial charge in [-0.2, -0.15) is 0 Å². The molecule has 3 aromatic rings. The van der Waals surface area contributed by atoms with Gasteiger partial charge in [0.25, 0.3) is 11.8 Å². The van der Waals surface area contributed by atoms with E-state index in [0.717, 1.165) is 44.8 Å². The van der Waals surface area contributed by atoms with Gasteiger partial charge in [-0.05, 0) is 49.4 Å². The van der Waals surface area contributed by atoms with Gasteiger partial charge in [0.15, 0.2) is 0 Å². The van der Waals surface area contributed by atoms with E-state index in [4.69, 9.17) is 0 Å². The summed E-state index contributed by atoms with van der Waals surface area (Å²) >= 11 is 0. The third kappa shape index (κ3) is 5.29. The van der Waals surface area contributed by atoms with Crippen LogP contribution in [0.25, 0.3) is 0 Å². The number of anilines is 3. The number of halogens is 1. The van der Waals surface area contributed by atoms with Gasteiger partial charge in [0.05, 0.1) is 30.8 Å². The molecule has 0 spiro atoms. The molecule has 1 saturated heterocycles. The van der Waals surface area contributed by atoms with E-state index in [1.165, 1.54) is 11.8 Å². The van der Waals surface area contributed by atoms with E-state index in [9.17, 15) is 14.0 Å². The minimum absolute atomic E-state index is 0.0887. The molecule has 0 aliphatic carbocycles. The average Bonchev–Trinajstić information content (AvgIpc) is 3.49. The van der Waals surface area contributed by atoms with Crippen LogP contribution in [0.4, 0.5) is 21.5 Å². The monoisotopic (exact) mass is 540 g/mol. The molecule has 6 rings (SSSR count). The minimum Gasteiger partial charge on any atom is -0.369 e. The molecule has 40 heavy (non-hydrogen) atoms. The van der Waals surface area contributed by atoms with Gasteiger partial charge in [-0.15, -0.1) is 0 Å². The fourth-order valence-electron chi connectivity index (χ4n) is 5.66. The Bertz CT molecular complexity index is 1410. The quantitative estimate of drug-likeness (QED) is 0.443. The number of hydrogen-bond acceptors (Lipinski definition) is 6. The van der Waals surface area contributed by atoms with Crippen molar-refractivity contribution in [3.8, 4) is 0 Å². The van der Waals surface area contributed by atoms with E-state index in [1.807, 2.05) is 17.0 Å². The number of carbonyl (C=O) groups excluding carboxylic acids is 2. The highest BCUT2D eigenvalue weighted by atomic mass is 19.1. The summed E-state index contributed by atoms with van der Waals surface area (Å²) in [7, 11) is 0. The zero-order chi connectivity index (χ0) is 27.5. The third-order valence-electron chi connectivity index (χ3n) is 7.89. The van der Waals surface area contributed by atoms with Crippen LogP contribution in [0.2, 0.25) is 0 Å². The number of amides is 2. The average molecular weight is 541 g/mol. The number of nitrogens with one attached hydrogen (secondary N) is 1. The predicted molar refractivity (Wildman–Crippen MR) is 156 cm³/mol. The standard InChI is InChI=1S/C31H33FN6O2/c32-26-10-5-4-7-24(26)21-37-28-19-23(11-12-27(28)38-22-33-20-29(38)31(37)40)30(39)34-13-6-14-35-15-17-36(18-16-35)25-8-2-1-3-9-25/h1-5,7-12,19,22,29H,6,13-18,20-21H2,(H,34,39). The number of carbonyl (C=O) groups is 2. The molecular formula is C31H33FN6O2. The molecule has 3 aliphatic rings. The molecule has 1 N–H and O–H groups in total. The second-order valence-electron chi connectivity index (χ2n) is 10.4. The Hall–Kier alpha value is -4.24. The zero-order valence-corrected chi connectivity index (χ0v) is 22.4. The van der Waals surface area contributed by atoms with Crippen molar-refractivity contribution in [2.75, 3.05) is 60.5 Å². The molecule has 8 nitrogen and oxygen atoms in total. The summed E-state index contributed by atoms with van der Waals surface area (Å²) in [5.74, 6) is -0.706. The van der Waals surface area contributed by atoms with E-state index in [0.29, 0.717) is 29.9 Å². The molecule has 2 amide bonds. The number of fused-ring (bicyclic) bond motifs is 3. The van der Waals surface area contributed by atoms with E-state index in [2.05, 4.69) is 44.4 Å². The molecule has 0 bridgehead atoms. The first kappa shape index (κ1) is 26.0. The van der Waals surface area contributed by atoms with Crippen LogP contribution in [0.1, 0.15) is 22.3 Å². The number of nitrogens with zero attached hydrogens (tertiary/aromatic N) is 5. The lowest BCUT2D eigenvalue weighted by molar-refractivity contribution is -0.119. The predicted octanol–water partition coefficient (Wildman–Crippen LogP) is 3.53. The molecule has 3 heterocycles. The van der Waals surface area contributed by atoms with Gasteiger partial charge in [0, 0.05) is 49.5 Å². The first-order valence-electron chi connectivity index (χ1n) is 13.9. The van der Waals surface area contributed by atoms with Gasteiger partial charge in [0.1, 0.15) is 11.9 Å². The summed E-state index contributed by atoms with van der Waals surface area (Å²) in [5.41, 5.74) is 3.53. The second kappa shape index (κ2) is 11.5. The van der Waals surface area contributed by atoms with Crippen LogP contribution >= 0.6 is 0 Å². The maximum Gasteiger partial charge on any atom is 0.252 e. The van der Waals surface area contributed by atoms with Crippen molar-refractivity contribution < 1.29 is 14.0 Å². The van der Waals surface area contributed by atoms with Gasteiger partial charge in [-0.3, -0.25) is 19.5 Å². The minimum atomic E-state index is -0.450. The summed E-state index contributed by atoms with van der Waals surface area (Å²) in [5, 5.41) is 3.03. The van der Waals surface area contributed by atoms with Crippen molar-refractivity contribution in [1.29, 1.82) is 0 Å². The van der Waals surface area contributed by atoms with Crippen LogP contribution in [-0.2, 0) is 11.3 Å². The van der Waals surface area contributed by atoms with E-state index in [1.54, 1.807) is 41.6 Å². The van der Waals surface area contributed by atoms with Crippen molar-refractivity contribution in [2.24, 2.45) is 4.99 Å². The molecule has 9 heteroatoms. The van der Waals surface area contributed by atoms with Crippen molar-refractivity contribution in [2.45, 2.75) is 19.0 Å². The number of benzene rings is 3. The molecule has 0 saturated carbocycles. The molecule has 3 aliphatic heterocycles. The van der Waals surface area contributed by atoms with E-state index >= 15 is 0 Å². The highest BCUT2D eigenvalue weighted by Crippen LogP contribution is 2.38. The van der Waals surface area contributed by atoms with Crippen molar-refractivity contribution in [3.63, 3.8) is 0 Å². The largest absolute Gasteiger partial charge is 0.369 e. The number of para-hydroxylation sites is 1. The SMILES string of the molecule is O=C(NCCCN1CCN(c2ccccc2)CC1)c1ccc2c(c1)N(Cc1ccccc1F)C(=O)C1CN=CN21. The van der Waals surface area contributed by atoms with Crippen molar-refractivity contribution >= 4 is 35.2 Å². The van der Waals surface area contributed by atoms with Crippen LogP contribution in [0.5, 0.6) is 0 Å². The van der Waals surface area contributed by atoms with Gasteiger partial charge < -0.3 is 20.0 Å². The normalized spacial score (nSPS) is 18.6. The lowest BCUT2D eigenvalue weighted by atomic mass is 10.0. The van der Waals surface area contributed by atoms with Gasteiger partial charge in [-0.1, -0.05) is 36.4 Å². The van der Waals surface area contributed by atoms with Crippen molar-refractivity contribution in [1.82, 2.24) is 10.2 Å². The van der Waals surface area contributed by atoms with Crippen molar-refractivity contribution in [3.05, 3.63) is 89.7 Å². The van der Waals surface area contributed by atoms with Gasteiger partial charge in [0.2, 0.25) is 0 Å². The highest BCUT2D eigenvalue weighted by Gasteiger charge is 2.40. The topological polar surface area (TPSA) is 71.5 Å². The lowest BCUT2D eigenvalue weighted by Crippen LogP contribution is -2.52. The number of rotatable bonds is 8. The molecule has 206 valence electrons. The lowest BCUT2D eigenvalue weighted by Gasteiger charge is -2.38. The molecule has 0 aromatic heterocycles.